The normalized spacial score (nSPS) is 14.5. The maximum atomic E-state index is 6.62. The molecular weight excluding hydrogens is 502 g/mol. The van der Waals surface area contributed by atoms with Gasteiger partial charge in [0.15, 0.2) is 19.8 Å². The van der Waals surface area contributed by atoms with Crippen molar-refractivity contribution in [3.63, 3.8) is 0 Å². The molecule has 5 rings (SSSR count). The highest BCUT2D eigenvalue weighted by Gasteiger charge is 2.39. The van der Waals surface area contributed by atoms with Crippen LogP contribution in [0.4, 0.5) is 11.5 Å². The predicted octanol–water partition coefficient (Wildman–Crippen LogP) is 5.95. The SMILES string of the molecule is COCN1c2cc(Cn3cnc4c(C(C)O[Si](C)(C)C(C)(C)C)ncnc43)ccc2Sc2nccnc21. The third-order valence-corrected chi connectivity index (χ3v) is 12.7. The van der Waals surface area contributed by atoms with Crippen LogP contribution in [0.1, 0.15) is 45.1 Å². The highest BCUT2D eigenvalue weighted by molar-refractivity contribution is 7.99. The van der Waals surface area contributed by atoms with E-state index in [-0.39, 0.29) is 11.1 Å². The van der Waals surface area contributed by atoms with Gasteiger partial charge in [-0.15, -0.1) is 0 Å². The number of ether oxygens (including phenoxy) is 1. The second-order valence-corrected chi connectivity index (χ2v) is 16.5. The van der Waals surface area contributed by atoms with Crippen molar-refractivity contribution in [1.29, 1.82) is 0 Å². The molecule has 0 saturated heterocycles. The van der Waals surface area contributed by atoms with E-state index in [0.717, 1.165) is 43.8 Å². The Labute approximate surface area is 222 Å². The van der Waals surface area contributed by atoms with Crippen molar-refractivity contribution in [2.24, 2.45) is 0 Å². The number of methoxy groups -OCH3 is 1. The average Bonchev–Trinajstić information content (AvgIpc) is 3.26. The Hall–Kier alpha value is -2.86. The van der Waals surface area contributed by atoms with Gasteiger partial charge in [0.05, 0.1) is 30.4 Å². The monoisotopic (exact) mass is 535 g/mol. The molecule has 37 heavy (non-hydrogen) atoms. The van der Waals surface area contributed by atoms with Crippen LogP contribution >= 0.6 is 11.8 Å². The lowest BCUT2D eigenvalue weighted by Crippen LogP contribution is -2.41. The van der Waals surface area contributed by atoms with Gasteiger partial charge >= 0.3 is 0 Å². The first-order chi connectivity index (χ1) is 17.6. The van der Waals surface area contributed by atoms with Crippen molar-refractivity contribution in [3.05, 3.63) is 54.5 Å². The van der Waals surface area contributed by atoms with Crippen LogP contribution in [-0.2, 0) is 15.7 Å². The summed E-state index contributed by atoms with van der Waals surface area (Å²) in [7, 11) is -0.280. The van der Waals surface area contributed by atoms with Crippen LogP contribution < -0.4 is 4.90 Å². The number of fused-ring (bicyclic) bond motifs is 3. The maximum Gasteiger partial charge on any atom is 0.192 e. The van der Waals surface area contributed by atoms with E-state index in [1.54, 1.807) is 37.6 Å². The third kappa shape index (κ3) is 4.88. The van der Waals surface area contributed by atoms with Gasteiger partial charge in [0.2, 0.25) is 0 Å². The van der Waals surface area contributed by atoms with Crippen LogP contribution in [0, 0.1) is 0 Å². The van der Waals surface area contributed by atoms with E-state index in [4.69, 9.17) is 14.1 Å². The molecule has 0 radical (unpaired) electrons. The van der Waals surface area contributed by atoms with Gasteiger partial charge in [-0.1, -0.05) is 38.6 Å². The van der Waals surface area contributed by atoms with E-state index in [1.807, 2.05) is 6.33 Å². The van der Waals surface area contributed by atoms with Crippen LogP contribution in [0.3, 0.4) is 0 Å². The molecule has 11 heteroatoms. The zero-order valence-electron chi connectivity index (χ0n) is 22.4. The van der Waals surface area contributed by atoms with E-state index in [9.17, 15) is 0 Å². The van der Waals surface area contributed by atoms with Crippen molar-refractivity contribution in [1.82, 2.24) is 29.5 Å². The van der Waals surface area contributed by atoms with Crippen molar-refractivity contribution in [2.45, 2.75) is 68.4 Å². The molecule has 194 valence electrons. The number of benzene rings is 1. The lowest BCUT2D eigenvalue weighted by molar-refractivity contribution is 0.199. The molecule has 1 atom stereocenters. The fourth-order valence-electron chi connectivity index (χ4n) is 4.19. The molecule has 1 unspecified atom stereocenters. The topological polar surface area (TPSA) is 91.1 Å². The Morgan fingerprint density at radius 3 is 2.59 bits per heavy atom. The molecule has 1 aromatic carbocycles. The number of hydrogen-bond donors (Lipinski definition) is 0. The molecule has 0 fully saturated rings. The molecular formula is C26H33N7O2SSi. The Morgan fingerprint density at radius 2 is 1.84 bits per heavy atom. The van der Waals surface area contributed by atoms with Gasteiger partial charge in [0, 0.05) is 24.4 Å². The number of hydrogen-bond acceptors (Lipinski definition) is 9. The van der Waals surface area contributed by atoms with Gasteiger partial charge in [-0.05, 0) is 42.8 Å². The van der Waals surface area contributed by atoms with Crippen LogP contribution in [-0.4, -0.2) is 51.6 Å². The van der Waals surface area contributed by atoms with Gasteiger partial charge in [0.1, 0.15) is 23.6 Å². The smallest absolute Gasteiger partial charge is 0.192 e. The summed E-state index contributed by atoms with van der Waals surface area (Å²) in [5, 5.41) is 0.985. The third-order valence-electron chi connectivity index (χ3n) is 7.13. The molecule has 0 amide bonds. The first-order valence-corrected chi connectivity index (χ1v) is 16.0. The minimum atomic E-state index is -1.97. The van der Waals surface area contributed by atoms with Crippen LogP contribution in [0.15, 0.2) is 53.2 Å². The highest BCUT2D eigenvalue weighted by atomic mass is 32.2. The first-order valence-electron chi connectivity index (χ1n) is 12.3. The van der Waals surface area contributed by atoms with Crippen LogP contribution in [0.5, 0.6) is 0 Å². The zero-order valence-corrected chi connectivity index (χ0v) is 24.2. The summed E-state index contributed by atoms with van der Waals surface area (Å²) < 4.78 is 14.2. The fraction of sp³-hybridized carbons (Fsp3) is 0.423. The summed E-state index contributed by atoms with van der Waals surface area (Å²) in [4.78, 5) is 26.1. The summed E-state index contributed by atoms with van der Waals surface area (Å²) in [5.74, 6) is 0.806. The second kappa shape index (κ2) is 9.79. The number of anilines is 2. The van der Waals surface area contributed by atoms with Gasteiger partial charge in [-0.3, -0.25) is 4.90 Å². The summed E-state index contributed by atoms with van der Waals surface area (Å²) >= 11 is 1.62. The van der Waals surface area contributed by atoms with Crippen molar-refractivity contribution >= 4 is 42.7 Å². The van der Waals surface area contributed by atoms with Gasteiger partial charge in [0.25, 0.3) is 0 Å². The lowest BCUT2D eigenvalue weighted by atomic mass is 10.1. The zero-order chi connectivity index (χ0) is 26.4. The molecule has 4 aromatic rings. The molecule has 0 spiro atoms. The summed E-state index contributed by atoms with van der Waals surface area (Å²) in [6.45, 7) is 14.3. The van der Waals surface area contributed by atoms with E-state index < -0.39 is 8.32 Å². The van der Waals surface area contributed by atoms with Crippen LogP contribution in [0.2, 0.25) is 18.1 Å². The predicted molar refractivity (Wildman–Crippen MR) is 148 cm³/mol. The Balaban J connectivity index is 1.44. The molecule has 0 N–H and O–H groups in total. The van der Waals surface area contributed by atoms with E-state index in [2.05, 4.69) is 88.4 Å². The molecule has 0 saturated carbocycles. The standard InChI is InChI=1S/C26H33N7O2SSi/c1-17(35-37(6,7)26(2,3)4)21-22-23(30-14-29-21)32(15-31-22)13-18-8-9-20-19(12-18)33(16-34-5)24-25(36-20)28-11-10-27-24/h8-12,14-15,17H,13,16H2,1-7H3. The minimum Gasteiger partial charge on any atom is -0.409 e. The van der Waals surface area contributed by atoms with Gasteiger partial charge in [-0.2, -0.15) is 0 Å². The number of imidazole rings is 1. The van der Waals surface area contributed by atoms with Crippen molar-refractivity contribution in [3.8, 4) is 0 Å². The largest absolute Gasteiger partial charge is 0.409 e. The number of aromatic nitrogens is 6. The lowest BCUT2D eigenvalue weighted by Gasteiger charge is -2.38. The molecule has 0 aliphatic carbocycles. The van der Waals surface area contributed by atoms with E-state index in [0.29, 0.717) is 13.3 Å². The van der Waals surface area contributed by atoms with Gasteiger partial charge < -0.3 is 13.7 Å². The molecule has 1 aliphatic heterocycles. The molecule has 9 nitrogen and oxygen atoms in total. The second-order valence-electron chi connectivity index (χ2n) is 10.8. The summed E-state index contributed by atoms with van der Waals surface area (Å²) in [6.07, 6.45) is 6.71. The Morgan fingerprint density at radius 1 is 1.05 bits per heavy atom. The number of rotatable bonds is 7. The number of nitrogens with zero attached hydrogens (tertiary/aromatic N) is 7. The summed E-state index contributed by atoms with van der Waals surface area (Å²) in [5.41, 5.74) is 4.59. The van der Waals surface area contributed by atoms with E-state index >= 15 is 0 Å². The molecule has 4 heterocycles. The van der Waals surface area contributed by atoms with Crippen molar-refractivity contribution in [2.75, 3.05) is 18.7 Å². The molecule has 1 aliphatic rings. The Bertz CT molecular complexity index is 1440. The Kier molecular flexibility index (Phi) is 6.82. The first kappa shape index (κ1) is 25.8. The highest BCUT2D eigenvalue weighted by Crippen LogP contribution is 2.46. The summed E-state index contributed by atoms with van der Waals surface area (Å²) in [6, 6.07) is 6.44. The average molecular weight is 536 g/mol. The quantitative estimate of drug-likeness (QED) is 0.266. The molecule has 0 bridgehead atoms. The maximum absolute atomic E-state index is 6.62. The fourth-order valence-corrected chi connectivity index (χ4v) is 6.53. The van der Waals surface area contributed by atoms with Crippen LogP contribution in [0.25, 0.3) is 11.2 Å². The molecule has 3 aromatic heterocycles. The van der Waals surface area contributed by atoms with Gasteiger partial charge in [-0.25, -0.2) is 24.9 Å². The van der Waals surface area contributed by atoms with Crippen molar-refractivity contribution < 1.29 is 9.16 Å². The minimum absolute atomic E-state index is 0.111. The van der Waals surface area contributed by atoms with E-state index in [1.165, 1.54) is 0 Å².